The fourth-order valence-electron chi connectivity index (χ4n) is 2.01. The quantitative estimate of drug-likeness (QED) is 0.792. The topological polar surface area (TPSA) is 37.3 Å². The molecule has 88 valence electrons. The molecular weight excluding hydrogens is 200 g/mol. The number of carbonyl (C=O) groups excluding carboxylic acids is 1. The van der Waals surface area contributed by atoms with E-state index in [0.717, 1.165) is 0 Å². The third kappa shape index (κ3) is 2.17. The highest BCUT2D eigenvalue weighted by molar-refractivity contribution is 6.02. The Bertz CT molecular complexity index is 344. The lowest BCUT2D eigenvalue weighted by Crippen LogP contribution is -2.48. The van der Waals surface area contributed by atoms with Crippen LogP contribution in [-0.2, 0) is 0 Å². The molecule has 0 heterocycles. The molecule has 2 nitrogen and oxygen atoms in total. The average molecular weight is 220 g/mol. The van der Waals surface area contributed by atoms with Crippen molar-refractivity contribution >= 4 is 5.78 Å². The zero-order valence-corrected chi connectivity index (χ0v) is 10.4. The molecule has 0 atom stereocenters. The molecule has 1 aromatic rings. The monoisotopic (exact) mass is 220 g/mol. The van der Waals surface area contributed by atoms with Crippen LogP contribution in [0.1, 0.15) is 38.1 Å². The molecule has 0 amide bonds. The van der Waals surface area contributed by atoms with E-state index < -0.39 is 5.60 Å². The van der Waals surface area contributed by atoms with E-state index in [1.54, 1.807) is 12.1 Å². The van der Waals surface area contributed by atoms with Gasteiger partial charge in [-0.1, -0.05) is 58.0 Å². The van der Waals surface area contributed by atoms with Gasteiger partial charge in [0.2, 0.25) is 0 Å². The van der Waals surface area contributed by atoms with Gasteiger partial charge in [0.25, 0.3) is 0 Å². The molecule has 0 aliphatic carbocycles. The summed E-state index contributed by atoms with van der Waals surface area (Å²) in [6.07, 6.45) is 0. The van der Waals surface area contributed by atoms with Crippen molar-refractivity contribution in [3.05, 3.63) is 35.9 Å². The van der Waals surface area contributed by atoms with Crippen LogP contribution >= 0.6 is 0 Å². The van der Waals surface area contributed by atoms with Crippen molar-refractivity contribution in [1.29, 1.82) is 0 Å². The molecule has 0 aliphatic rings. The van der Waals surface area contributed by atoms with Crippen LogP contribution in [0.2, 0.25) is 0 Å². The Morgan fingerprint density at radius 2 is 1.50 bits per heavy atom. The Morgan fingerprint density at radius 1 is 1.06 bits per heavy atom. The average Bonchev–Trinajstić information content (AvgIpc) is 2.27. The summed E-state index contributed by atoms with van der Waals surface area (Å²) in [5, 5.41) is 10.5. The number of aliphatic hydroxyl groups is 1. The number of hydrogen-bond acceptors (Lipinski definition) is 2. The first-order valence-corrected chi connectivity index (χ1v) is 5.73. The van der Waals surface area contributed by atoms with Crippen molar-refractivity contribution < 1.29 is 9.90 Å². The molecule has 0 spiro atoms. The van der Waals surface area contributed by atoms with Crippen LogP contribution in [0.4, 0.5) is 0 Å². The zero-order chi connectivity index (χ0) is 12.3. The summed E-state index contributed by atoms with van der Waals surface area (Å²) in [4.78, 5) is 12.3. The molecule has 1 N–H and O–H groups in total. The summed E-state index contributed by atoms with van der Waals surface area (Å²) in [5.74, 6) is -0.376. The van der Waals surface area contributed by atoms with Crippen LogP contribution < -0.4 is 0 Å². The molecule has 1 rings (SSSR count). The van der Waals surface area contributed by atoms with Gasteiger partial charge in [-0.25, -0.2) is 0 Å². The van der Waals surface area contributed by atoms with Crippen LogP contribution in [0.3, 0.4) is 0 Å². The van der Waals surface area contributed by atoms with Crippen LogP contribution in [0.25, 0.3) is 0 Å². The van der Waals surface area contributed by atoms with Gasteiger partial charge in [0.05, 0.1) is 0 Å². The van der Waals surface area contributed by atoms with E-state index >= 15 is 0 Å². The van der Waals surface area contributed by atoms with Gasteiger partial charge in [0, 0.05) is 5.56 Å². The highest BCUT2D eigenvalue weighted by atomic mass is 16.3. The molecule has 0 unspecified atom stereocenters. The molecule has 0 saturated heterocycles. The number of carbonyl (C=O) groups is 1. The maximum absolute atomic E-state index is 12.3. The molecule has 0 radical (unpaired) electrons. The van der Waals surface area contributed by atoms with Crippen molar-refractivity contribution in [2.45, 2.75) is 33.3 Å². The SMILES string of the molecule is CC(C)C(O)(C(=O)c1ccccc1)C(C)C. The molecule has 0 bridgehead atoms. The second-order valence-electron chi connectivity index (χ2n) is 4.83. The van der Waals surface area contributed by atoms with Crippen molar-refractivity contribution in [3.8, 4) is 0 Å². The van der Waals surface area contributed by atoms with Gasteiger partial charge >= 0.3 is 0 Å². The Morgan fingerprint density at radius 3 is 1.88 bits per heavy atom. The first-order valence-electron chi connectivity index (χ1n) is 5.73. The summed E-state index contributed by atoms with van der Waals surface area (Å²) < 4.78 is 0. The Labute approximate surface area is 97.3 Å². The molecule has 0 fully saturated rings. The molecule has 0 saturated carbocycles. The smallest absolute Gasteiger partial charge is 0.194 e. The van der Waals surface area contributed by atoms with Gasteiger partial charge in [-0.15, -0.1) is 0 Å². The van der Waals surface area contributed by atoms with Gasteiger partial charge in [-0.3, -0.25) is 4.79 Å². The number of rotatable bonds is 4. The van der Waals surface area contributed by atoms with Crippen molar-refractivity contribution in [1.82, 2.24) is 0 Å². The predicted molar refractivity (Wildman–Crippen MR) is 65.4 cm³/mol. The Kier molecular flexibility index (Phi) is 3.87. The van der Waals surface area contributed by atoms with E-state index in [9.17, 15) is 9.90 Å². The highest BCUT2D eigenvalue weighted by Gasteiger charge is 2.42. The van der Waals surface area contributed by atoms with E-state index in [0.29, 0.717) is 5.56 Å². The third-order valence-corrected chi connectivity index (χ3v) is 3.16. The van der Waals surface area contributed by atoms with Crippen molar-refractivity contribution in [3.63, 3.8) is 0 Å². The number of Topliss-reactive ketones (excluding diaryl/α,β-unsaturated/α-hetero) is 1. The molecule has 0 aliphatic heterocycles. The summed E-state index contributed by atoms with van der Waals surface area (Å²) in [6.45, 7) is 7.50. The van der Waals surface area contributed by atoms with Gasteiger partial charge in [-0.05, 0) is 11.8 Å². The number of hydrogen-bond donors (Lipinski definition) is 1. The number of ketones is 1. The first-order chi connectivity index (χ1) is 7.40. The molecule has 1 aromatic carbocycles. The van der Waals surface area contributed by atoms with E-state index in [2.05, 4.69) is 0 Å². The fraction of sp³-hybridized carbons (Fsp3) is 0.500. The third-order valence-electron chi connectivity index (χ3n) is 3.16. The maximum Gasteiger partial charge on any atom is 0.194 e. The first kappa shape index (κ1) is 12.9. The van der Waals surface area contributed by atoms with Gasteiger partial charge in [0.15, 0.2) is 5.78 Å². The van der Waals surface area contributed by atoms with Gasteiger partial charge in [0.1, 0.15) is 5.60 Å². The van der Waals surface area contributed by atoms with E-state index in [1.165, 1.54) is 0 Å². The Balaban J connectivity index is 3.12. The maximum atomic E-state index is 12.3. The summed E-state index contributed by atoms with van der Waals surface area (Å²) >= 11 is 0. The molecular formula is C14H20O2. The lowest BCUT2D eigenvalue weighted by Gasteiger charge is -2.34. The molecule has 16 heavy (non-hydrogen) atoms. The second kappa shape index (κ2) is 4.79. The largest absolute Gasteiger partial charge is 0.381 e. The predicted octanol–water partition coefficient (Wildman–Crippen LogP) is 2.91. The summed E-state index contributed by atoms with van der Waals surface area (Å²) in [5.41, 5.74) is -0.700. The number of benzene rings is 1. The van der Waals surface area contributed by atoms with Crippen LogP contribution in [0, 0.1) is 11.8 Å². The molecule has 2 heteroatoms. The summed E-state index contributed by atoms with van der Waals surface area (Å²) in [6, 6.07) is 8.99. The standard InChI is InChI=1S/C14H20O2/c1-10(2)14(16,11(3)4)13(15)12-8-6-5-7-9-12/h5-11,16H,1-4H3. The van der Waals surface area contributed by atoms with Crippen molar-refractivity contribution in [2.24, 2.45) is 11.8 Å². The Hall–Kier alpha value is -1.15. The molecule has 0 aromatic heterocycles. The van der Waals surface area contributed by atoms with E-state index in [4.69, 9.17) is 0 Å². The minimum Gasteiger partial charge on any atom is -0.381 e. The fourth-order valence-corrected chi connectivity index (χ4v) is 2.01. The summed E-state index contributed by atoms with van der Waals surface area (Å²) in [7, 11) is 0. The minimum atomic E-state index is -1.28. The zero-order valence-electron chi connectivity index (χ0n) is 10.4. The minimum absolute atomic E-state index is 0.0970. The second-order valence-corrected chi connectivity index (χ2v) is 4.83. The van der Waals surface area contributed by atoms with E-state index in [1.807, 2.05) is 45.9 Å². The van der Waals surface area contributed by atoms with Gasteiger partial charge < -0.3 is 5.11 Å². The van der Waals surface area contributed by atoms with Crippen LogP contribution in [0.15, 0.2) is 30.3 Å². The normalized spacial score (nSPS) is 12.2. The van der Waals surface area contributed by atoms with Crippen LogP contribution in [0.5, 0.6) is 0 Å². The van der Waals surface area contributed by atoms with E-state index in [-0.39, 0.29) is 17.6 Å². The highest BCUT2D eigenvalue weighted by Crippen LogP contribution is 2.29. The lowest BCUT2D eigenvalue weighted by atomic mass is 9.75. The van der Waals surface area contributed by atoms with Crippen molar-refractivity contribution in [2.75, 3.05) is 0 Å². The lowest BCUT2D eigenvalue weighted by molar-refractivity contribution is -0.0232. The van der Waals surface area contributed by atoms with Gasteiger partial charge in [-0.2, -0.15) is 0 Å². The van der Waals surface area contributed by atoms with Crippen LogP contribution in [-0.4, -0.2) is 16.5 Å².